The number of carbonyl (C=O) groups is 1. The molecule has 7 fully saturated rings. The van der Waals surface area contributed by atoms with Crippen LogP contribution in [0, 0.1) is 29.1 Å². The number of piperidine rings is 2. The summed E-state index contributed by atoms with van der Waals surface area (Å²) in [6, 6.07) is 2.54. The smallest absolute Gasteiger partial charge is 0.338 e. The van der Waals surface area contributed by atoms with Crippen LogP contribution in [0.1, 0.15) is 82.5 Å². The van der Waals surface area contributed by atoms with Crippen LogP contribution >= 0.6 is 0 Å². The van der Waals surface area contributed by atoms with Gasteiger partial charge in [0.25, 0.3) is 0 Å². The van der Waals surface area contributed by atoms with Crippen LogP contribution in [0.15, 0.2) is 12.1 Å². The zero-order valence-electron chi connectivity index (χ0n) is 29.8. The molecule has 3 heterocycles. The Balaban J connectivity index is 1.16. The van der Waals surface area contributed by atoms with Crippen LogP contribution in [-0.2, 0) is 9.47 Å². The third-order valence-corrected chi connectivity index (χ3v) is 15.2. The number of esters is 1. The number of nitrogens with zero attached hydrogens (tertiary/aromatic N) is 1. The normalized spacial score (nSPS) is 51.9. The van der Waals surface area contributed by atoms with Crippen LogP contribution in [0.2, 0.25) is 0 Å². The summed E-state index contributed by atoms with van der Waals surface area (Å²) in [7, 11) is 4.35. The molecular formula is C37H53NO12. The van der Waals surface area contributed by atoms with Gasteiger partial charge in [0.1, 0.15) is 22.4 Å². The van der Waals surface area contributed by atoms with Gasteiger partial charge in [-0.05, 0) is 63.5 Å². The Morgan fingerprint density at radius 1 is 0.860 bits per heavy atom. The first-order valence-corrected chi connectivity index (χ1v) is 18.2. The fraction of sp³-hybridized carbons (Fsp3) is 0.811. The summed E-state index contributed by atoms with van der Waals surface area (Å²) in [5.74, 6) is -3.76. The second kappa shape index (κ2) is 10.7. The maximum atomic E-state index is 13.7. The molecule has 4 saturated carbocycles. The van der Waals surface area contributed by atoms with Crippen molar-refractivity contribution in [1.29, 1.82) is 0 Å². The predicted octanol–water partition coefficient (Wildman–Crippen LogP) is 1.36. The Morgan fingerprint density at radius 2 is 1.52 bits per heavy atom. The van der Waals surface area contributed by atoms with Gasteiger partial charge in [-0.3, -0.25) is 4.90 Å². The average Bonchev–Trinajstić information content (AvgIpc) is 3.24. The standard InChI is InChI=1S/C37H53NO12/c1-19-7-10-26-32(3,41)36(44)25(17-38(26)16-19)34(43)18-35-24(33(34,42)15-27(36)39)9-8-23-31(35,2)12-11-28(37(23,45)50-35)49-30(40)20-13-21(46-4)29(48-6)22(14-20)47-5/h13-14,19,23-28,39,41-45H,7-12,15-18H2,1-6H3/t19-,23-,24-,25-,26-,27-,28-,31-,32+,33+,34+,35+,36-,37-/m0/s1. The lowest BCUT2D eigenvalue weighted by molar-refractivity contribution is -0.354. The highest BCUT2D eigenvalue weighted by molar-refractivity contribution is 5.91. The largest absolute Gasteiger partial charge is 0.493 e. The molecule has 1 spiro atoms. The quantitative estimate of drug-likeness (QED) is 0.242. The topological polar surface area (TPSA) is 188 Å². The Bertz CT molecular complexity index is 1560. The van der Waals surface area contributed by atoms with Crippen molar-refractivity contribution in [1.82, 2.24) is 4.90 Å². The minimum absolute atomic E-state index is 0.117. The van der Waals surface area contributed by atoms with Gasteiger partial charge in [0.05, 0.1) is 38.6 Å². The van der Waals surface area contributed by atoms with Gasteiger partial charge >= 0.3 is 5.97 Å². The van der Waals surface area contributed by atoms with Crippen molar-refractivity contribution < 1.29 is 59.1 Å². The zero-order chi connectivity index (χ0) is 36.0. The first-order valence-electron chi connectivity index (χ1n) is 18.2. The summed E-state index contributed by atoms with van der Waals surface area (Å²) in [6.07, 6.45) is -0.0196. The Hall–Kier alpha value is -2.23. The molecule has 0 amide bonds. The molecule has 1 aromatic carbocycles. The minimum atomic E-state index is -2.11. The van der Waals surface area contributed by atoms with E-state index < -0.39 is 81.2 Å². The number of fused-ring (bicyclic) bond motifs is 5. The third kappa shape index (κ3) is 3.88. The van der Waals surface area contributed by atoms with Crippen molar-refractivity contribution in [2.24, 2.45) is 29.1 Å². The van der Waals surface area contributed by atoms with Gasteiger partial charge in [-0.1, -0.05) is 13.8 Å². The van der Waals surface area contributed by atoms with E-state index in [2.05, 4.69) is 11.8 Å². The molecule has 0 unspecified atom stereocenters. The predicted molar refractivity (Wildman–Crippen MR) is 176 cm³/mol. The molecule has 14 atom stereocenters. The van der Waals surface area contributed by atoms with Crippen LogP contribution in [0.3, 0.4) is 0 Å². The highest BCUT2D eigenvalue weighted by Gasteiger charge is 2.88. The second-order valence-electron chi connectivity index (χ2n) is 17.1. The first-order chi connectivity index (χ1) is 23.4. The molecule has 1 aromatic rings. The molecule has 4 bridgehead atoms. The number of hydrogen-bond acceptors (Lipinski definition) is 13. The van der Waals surface area contributed by atoms with Crippen molar-refractivity contribution in [3.05, 3.63) is 17.7 Å². The second-order valence-corrected chi connectivity index (χ2v) is 17.1. The number of aliphatic hydroxyl groups is 6. The minimum Gasteiger partial charge on any atom is -0.493 e. The van der Waals surface area contributed by atoms with Crippen molar-refractivity contribution in [3.8, 4) is 17.2 Å². The lowest BCUT2D eigenvalue weighted by atomic mass is 9.49. The highest BCUT2D eigenvalue weighted by Crippen LogP contribution is 2.78. The summed E-state index contributed by atoms with van der Waals surface area (Å²) < 4.78 is 29.2. The van der Waals surface area contributed by atoms with E-state index in [0.29, 0.717) is 43.9 Å². The van der Waals surface area contributed by atoms with Gasteiger partial charge in [-0.25, -0.2) is 4.79 Å². The first kappa shape index (κ1) is 34.8. The van der Waals surface area contributed by atoms with E-state index in [1.54, 1.807) is 6.92 Å². The van der Waals surface area contributed by atoms with Crippen LogP contribution in [0.4, 0.5) is 0 Å². The van der Waals surface area contributed by atoms with Crippen molar-refractivity contribution in [2.45, 2.75) is 124 Å². The lowest BCUT2D eigenvalue weighted by Crippen LogP contribution is -2.85. The SMILES string of the molecule is COc1cc(C(=O)O[C@H]2CC[C@@]3(C)[C@@H]4CC[C@H]5[C@]6(O)C[C@H](O)[C@@]7(O)[C@@H](CN8C[C@@H](C)CC[C@H]8[C@@]7(C)O)[C@]6(O)C[C@@]53O[C@]24O)cc(OC)c1OC. The van der Waals surface area contributed by atoms with Gasteiger partial charge in [0, 0.05) is 55.1 Å². The fourth-order valence-corrected chi connectivity index (χ4v) is 12.8. The van der Waals surface area contributed by atoms with E-state index in [-0.39, 0.29) is 42.9 Å². The van der Waals surface area contributed by atoms with Crippen LogP contribution < -0.4 is 14.2 Å². The third-order valence-electron chi connectivity index (χ3n) is 15.2. The molecule has 50 heavy (non-hydrogen) atoms. The van der Waals surface area contributed by atoms with E-state index in [1.165, 1.54) is 33.5 Å². The van der Waals surface area contributed by atoms with Gasteiger partial charge in [0.2, 0.25) is 11.5 Å². The average molecular weight is 704 g/mol. The molecule has 3 saturated heterocycles. The number of benzene rings is 1. The number of carbonyl (C=O) groups excluding carboxylic acids is 1. The summed E-state index contributed by atoms with van der Waals surface area (Å²) in [5.41, 5.74) is -9.64. The Kier molecular flexibility index (Phi) is 7.44. The molecule has 4 aliphatic carbocycles. The van der Waals surface area contributed by atoms with E-state index in [4.69, 9.17) is 23.7 Å². The number of hydrogen-bond donors (Lipinski definition) is 6. The lowest BCUT2D eigenvalue weighted by Gasteiger charge is -2.68. The maximum Gasteiger partial charge on any atom is 0.338 e. The Morgan fingerprint density at radius 3 is 2.16 bits per heavy atom. The Labute approximate surface area is 292 Å². The van der Waals surface area contributed by atoms with Crippen LogP contribution in [-0.4, -0.2) is 128 Å². The molecule has 0 aromatic heterocycles. The molecule has 3 aliphatic heterocycles. The highest BCUT2D eigenvalue weighted by atomic mass is 16.7. The summed E-state index contributed by atoms with van der Waals surface area (Å²) in [6.45, 7) is 6.54. The van der Waals surface area contributed by atoms with Gasteiger partial charge in [-0.2, -0.15) is 0 Å². The molecule has 6 N–H and O–H groups in total. The van der Waals surface area contributed by atoms with Crippen molar-refractivity contribution >= 4 is 5.97 Å². The molecule has 8 rings (SSSR count). The van der Waals surface area contributed by atoms with Gasteiger partial charge < -0.3 is 54.3 Å². The summed E-state index contributed by atoms with van der Waals surface area (Å²) in [4.78, 5) is 15.8. The van der Waals surface area contributed by atoms with Crippen LogP contribution in [0.5, 0.6) is 17.2 Å². The number of methoxy groups -OCH3 is 3. The molecular weight excluding hydrogens is 650 g/mol. The molecule has 13 nitrogen and oxygen atoms in total. The number of rotatable bonds is 5. The fourth-order valence-electron chi connectivity index (χ4n) is 12.8. The van der Waals surface area contributed by atoms with E-state index in [9.17, 15) is 35.4 Å². The van der Waals surface area contributed by atoms with Gasteiger partial charge in [0.15, 0.2) is 17.6 Å². The van der Waals surface area contributed by atoms with E-state index >= 15 is 0 Å². The monoisotopic (exact) mass is 703 g/mol. The molecule has 0 radical (unpaired) electrons. The molecule has 13 heteroatoms. The summed E-state index contributed by atoms with van der Waals surface area (Å²) >= 11 is 0. The van der Waals surface area contributed by atoms with Gasteiger partial charge in [-0.15, -0.1) is 0 Å². The molecule has 278 valence electrons. The zero-order valence-corrected chi connectivity index (χ0v) is 29.8. The van der Waals surface area contributed by atoms with E-state index in [1.807, 2.05) is 6.92 Å². The number of ether oxygens (including phenoxy) is 5. The maximum absolute atomic E-state index is 13.7. The van der Waals surface area contributed by atoms with E-state index in [0.717, 1.165) is 6.42 Å². The van der Waals surface area contributed by atoms with Crippen molar-refractivity contribution in [2.75, 3.05) is 34.4 Å². The summed E-state index contributed by atoms with van der Waals surface area (Å²) in [5, 5.41) is 74.9. The van der Waals surface area contributed by atoms with Crippen molar-refractivity contribution in [3.63, 3.8) is 0 Å². The number of aliphatic hydroxyl groups excluding tert-OH is 1. The van der Waals surface area contributed by atoms with Crippen LogP contribution in [0.25, 0.3) is 0 Å². The molecule has 7 aliphatic rings.